The Morgan fingerprint density at radius 3 is 2.61 bits per heavy atom. The number of nitrogens with zero attached hydrogens (tertiary/aromatic N) is 1. The number of likely N-dealkylation sites (tertiary alicyclic amines) is 1. The molecule has 1 atom stereocenters. The van der Waals surface area contributed by atoms with Gasteiger partial charge in [-0.3, -0.25) is 19.3 Å². The van der Waals surface area contributed by atoms with Gasteiger partial charge in [0.05, 0.1) is 11.8 Å². The van der Waals surface area contributed by atoms with E-state index in [4.69, 9.17) is 0 Å². The first kappa shape index (κ1) is 15.6. The molecule has 6 heteroatoms. The Labute approximate surface area is 133 Å². The number of hydrogen-bond donors (Lipinski definition) is 1. The van der Waals surface area contributed by atoms with Gasteiger partial charge in [-0.2, -0.15) is 0 Å². The highest BCUT2D eigenvalue weighted by Crippen LogP contribution is 2.42. The summed E-state index contributed by atoms with van der Waals surface area (Å²) in [6.07, 6.45) is 2.69. The number of amides is 2. The molecule has 23 heavy (non-hydrogen) atoms. The molecule has 0 bridgehead atoms. The number of hydrogen-bond acceptors (Lipinski definition) is 3. The monoisotopic (exact) mass is 319 g/mol. The van der Waals surface area contributed by atoms with Gasteiger partial charge in [0.1, 0.15) is 5.82 Å². The van der Waals surface area contributed by atoms with E-state index in [0.29, 0.717) is 0 Å². The van der Waals surface area contributed by atoms with Crippen molar-refractivity contribution >= 4 is 17.8 Å². The summed E-state index contributed by atoms with van der Waals surface area (Å²) in [6.45, 7) is 0. The third-order valence-electron chi connectivity index (χ3n) is 4.87. The lowest BCUT2D eigenvalue weighted by Gasteiger charge is -2.28. The summed E-state index contributed by atoms with van der Waals surface area (Å²) in [7, 11) is 0. The van der Waals surface area contributed by atoms with Gasteiger partial charge in [-0.1, -0.05) is 25.0 Å². The molecule has 1 aromatic rings. The van der Waals surface area contributed by atoms with E-state index in [1.807, 2.05) is 0 Å². The minimum atomic E-state index is -1.49. The van der Waals surface area contributed by atoms with Crippen molar-refractivity contribution in [3.63, 3.8) is 0 Å². The first-order valence-corrected chi connectivity index (χ1v) is 7.78. The van der Waals surface area contributed by atoms with Gasteiger partial charge in [0.15, 0.2) is 0 Å². The third-order valence-corrected chi connectivity index (χ3v) is 4.87. The molecule has 1 aromatic carbocycles. The third kappa shape index (κ3) is 2.62. The summed E-state index contributed by atoms with van der Waals surface area (Å²) in [5.74, 6) is -2.58. The Kier molecular flexibility index (Phi) is 3.92. The van der Waals surface area contributed by atoms with Crippen LogP contribution in [0.4, 0.5) is 4.39 Å². The van der Waals surface area contributed by atoms with E-state index >= 15 is 0 Å². The second kappa shape index (κ2) is 5.76. The van der Waals surface area contributed by atoms with Crippen molar-refractivity contribution in [3.8, 4) is 0 Å². The van der Waals surface area contributed by atoms with E-state index in [9.17, 15) is 23.9 Å². The van der Waals surface area contributed by atoms with E-state index in [2.05, 4.69) is 0 Å². The fraction of sp³-hybridized carbons (Fsp3) is 0.471. The van der Waals surface area contributed by atoms with E-state index in [-0.39, 0.29) is 23.9 Å². The topological polar surface area (TPSA) is 74.7 Å². The number of halogens is 1. The molecule has 0 aromatic heterocycles. The summed E-state index contributed by atoms with van der Waals surface area (Å²) in [5.41, 5.74) is -1.23. The Morgan fingerprint density at radius 1 is 1.30 bits per heavy atom. The van der Waals surface area contributed by atoms with Crippen LogP contribution in [0.1, 0.15) is 44.1 Å². The van der Waals surface area contributed by atoms with Crippen molar-refractivity contribution in [2.75, 3.05) is 0 Å². The first-order chi connectivity index (χ1) is 10.9. The van der Waals surface area contributed by atoms with Gasteiger partial charge in [-0.15, -0.1) is 0 Å². The molecule has 1 unspecified atom stereocenters. The molecule has 2 aliphatic rings. The minimum absolute atomic E-state index is 0.153. The van der Waals surface area contributed by atoms with Crippen LogP contribution in [0.25, 0.3) is 0 Å². The van der Waals surface area contributed by atoms with Gasteiger partial charge in [-0.25, -0.2) is 4.39 Å². The summed E-state index contributed by atoms with van der Waals surface area (Å²) in [6, 6.07) is 5.19. The van der Waals surface area contributed by atoms with Crippen molar-refractivity contribution in [1.82, 2.24) is 4.90 Å². The highest BCUT2D eigenvalue weighted by Gasteiger charge is 2.55. The molecular weight excluding hydrogens is 301 g/mol. The normalized spacial score (nSPS) is 25.3. The Bertz CT molecular complexity index is 668. The molecule has 0 spiro atoms. The summed E-state index contributed by atoms with van der Waals surface area (Å²) >= 11 is 0. The number of carboxylic acid groups (broad SMARTS) is 1. The maximum atomic E-state index is 13.6. The average Bonchev–Trinajstić information content (AvgIpc) is 3.06. The predicted molar refractivity (Wildman–Crippen MR) is 79.1 cm³/mol. The molecule has 2 amide bonds. The lowest BCUT2D eigenvalue weighted by atomic mass is 9.76. The number of rotatable bonds is 4. The van der Waals surface area contributed by atoms with Gasteiger partial charge in [0, 0.05) is 12.5 Å². The van der Waals surface area contributed by atoms with Crippen molar-refractivity contribution in [2.24, 2.45) is 0 Å². The molecule has 122 valence electrons. The quantitative estimate of drug-likeness (QED) is 0.864. The Balaban J connectivity index is 2.04. The number of aliphatic carboxylic acids is 1. The van der Waals surface area contributed by atoms with Crippen LogP contribution >= 0.6 is 0 Å². The first-order valence-electron chi connectivity index (χ1n) is 7.78. The number of imide groups is 1. The lowest BCUT2D eigenvalue weighted by Crippen LogP contribution is -2.44. The summed E-state index contributed by atoms with van der Waals surface area (Å²) < 4.78 is 13.6. The van der Waals surface area contributed by atoms with Gasteiger partial charge < -0.3 is 5.11 Å². The molecular formula is C17H18FNO4. The number of carbonyl (C=O) groups excluding carboxylic acids is 2. The molecule has 2 fully saturated rings. The predicted octanol–water partition coefficient (Wildman–Crippen LogP) is 2.24. The smallest absolute Gasteiger partial charge is 0.304 e. The second-order valence-corrected chi connectivity index (χ2v) is 6.35. The molecule has 1 saturated heterocycles. The zero-order valence-electron chi connectivity index (χ0n) is 12.6. The Morgan fingerprint density at radius 2 is 2.00 bits per heavy atom. The van der Waals surface area contributed by atoms with Crippen molar-refractivity contribution in [1.29, 1.82) is 0 Å². The van der Waals surface area contributed by atoms with Crippen LogP contribution in [0.3, 0.4) is 0 Å². The van der Waals surface area contributed by atoms with Crippen LogP contribution < -0.4 is 0 Å². The largest absolute Gasteiger partial charge is 0.481 e. The number of benzene rings is 1. The Hall–Kier alpha value is -2.24. The molecule has 1 saturated carbocycles. The fourth-order valence-corrected chi connectivity index (χ4v) is 3.80. The van der Waals surface area contributed by atoms with E-state index < -0.39 is 29.5 Å². The zero-order valence-corrected chi connectivity index (χ0v) is 12.6. The van der Waals surface area contributed by atoms with Gasteiger partial charge in [-0.05, 0) is 30.5 Å². The summed E-state index contributed by atoms with van der Waals surface area (Å²) in [5, 5.41) is 9.25. The lowest BCUT2D eigenvalue weighted by molar-refractivity contribution is -0.146. The molecule has 5 nitrogen and oxygen atoms in total. The highest BCUT2D eigenvalue weighted by molar-refractivity contribution is 6.10. The van der Waals surface area contributed by atoms with E-state index in [0.717, 1.165) is 31.7 Å². The van der Waals surface area contributed by atoms with Gasteiger partial charge in [0.25, 0.3) is 0 Å². The van der Waals surface area contributed by atoms with E-state index in [1.54, 1.807) is 0 Å². The van der Waals surface area contributed by atoms with Crippen LogP contribution in [0.2, 0.25) is 0 Å². The van der Waals surface area contributed by atoms with Gasteiger partial charge in [0.2, 0.25) is 11.8 Å². The maximum Gasteiger partial charge on any atom is 0.304 e. The standard InChI is InChI=1S/C17H18FNO4/c18-12-5-3-4-11(8-12)17(10-15(21)22)9-14(20)19(16(17)23)13-6-1-2-7-13/h3-5,8,13H,1-2,6-7,9-10H2,(H,21,22). The maximum absolute atomic E-state index is 13.6. The van der Waals surface area contributed by atoms with Crippen molar-refractivity contribution in [2.45, 2.75) is 50.0 Å². The molecule has 1 aliphatic heterocycles. The highest BCUT2D eigenvalue weighted by atomic mass is 19.1. The second-order valence-electron chi connectivity index (χ2n) is 6.35. The van der Waals surface area contributed by atoms with Gasteiger partial charge >= 0.3 is 5.97 Å². The molecule has 3 rings (SSSR count). The molecule has 1 heterocycles. The molecule has 1 aliphatic carbocycles. The van der Waals surface area contributed by atoms with Crippen LogP contribution in [0, 0.1) is 5.82 Å². The number of carboxylic acids is 1. The van der Waals surface area contributed by atoms with Crippen LogP contribution in [-0.4, -0.2) is 33.8 Å². The average molecular weight is 319 g/mol. The minimum Gasteiger partial charge on any atom is -0.481 e. The zero-order chi connectivity index (χ0) is 16.6. The van der Waals surface area contributed by atoms with Crippen LogP contribution in [-0.2, 0) is 19.8 Å². The summed E-state index contributed by atoms with van der Waals surface area (Å²) in [4.78, 5) is 38.0. The van der Waals surface area contributed by atoms with Crippen molar-refractivity contribution in [3.05, 3.63) is 35.6 Å². The van der Waals surface area contributed by atoms with Crippen LogP contribution in [0.5, 0.6) is 0 Å². The SMILES string of the molecule is O=C(O)CC1(c2cccc(F)c2)CC(=O)N(C2CCCC2)C1=O. The van der Waals surface area contributed by atoms with Crippen LogP contribution in [0.15, 0.2) is 24.3 Å². The van der Waals surface area contributed by atoms with Crippen molar-refractivity contribution < 1.29 is 23.9 Å². The number of carbonyl (C=O) groups is 3. The fourth-order valence-electron chi connectivity index (χ4n) is 3.80. The molecule has 1 N–H and O–H groups in total. The van der Waals surface area contributed by atoms with E-state index in [1.165, 1.54) is 23.1 Å². The molecule has 0 radical (unpaired) electrons.